The Morgan fingerprint density at radius 3 is 2.41 bits per heavy atom. The summed E-state index contributed by atoms with van der Waals surface area (Å²) < 4.78 is 6.23. The Morgan fingerprint density at radius 2 is 1.84 bits per heavy atom. The zero-order chi connectivity index (χ0) is 24.1. The van der Waals surface area contributed by atoms with Crippen molar-refractivity contribution in [3.05, 3.63) is 48.0 Å². The molecule has 1 fully saturated rings. The number of rotatable bonds is 10. The lowest BCUT2D eigenvalue weighted by atomic mass is 10.0. The summed E-state index contributed by atoms with van der Waals surface area (Å²) in [6, 6.07) is 9.63. The Morgan fingerprint density at radius 1 is 1.22 bits per heavy atom. The van der Waals surface area contributed by atoms with Crippen molar-refractivity contribution in [2.45, 2.75) is 83.8 Å². The highest BCUT2D eigenvalue weighted by Gasteiger charge is 2.40. The van der Waals surface area contributed by atoms with Crippen molar-refractivity contribution in [3.8, 4) is 0 Å². The highest BCUT2D eigenvalue weighted by Crippen LogP contribution is 2.38. The van der Waals surface area contributed by atoms with Crippen LogP contribution in [0.5, 0.6) is 0 Å². The highest BCUT2D eigenvalue weighted by molar-refractivity contribution is 6.74. The number of hydrogen-bond donors (Lipinski definition) is 1. The van der Waals surface area contributed by atoms with Gasteiger partial charge in [0.25, 0.3) is 0 Å². The van der Waals surface area contributed by atoms with Gasteiger partial charge in [-0.3, -0.25) is 14.4 Å². The Labute approximate surface area is 192 Å². The largest absolute Gasteiger partial charge is 0.481 e. The van der Waals surface area contributed by atoms with E-state index in [2.05, 4.69) is 33.9 Å². The molecule has 7 heteroatoms. The number of carboxylic acids is 1. The second-order valence-corrected chi connectivity index (χ2v) is 15.1. The van der Waals surface area contributed by atoms with E-state index in [0.29, 0.717) is 13.0 Å². The summed E-state index contributed by atoms with van der Waals surface area (Å²) in [5, 5.41) is 9.22. The third-order valence-electron chi connectivity index (χ3n) is 6.53. The summed E-state index contributed by atoms with van der Waals surface area (Å²) >= 11 is 0. The maximum atomic E-state index is 12.7. The summed E-state index contributed by atoms with van der Waals surface area (Å²) in [5.41, 5.74) is 1.05. The zero-order valence-electron chi connectivity index (χ0n) is 20.1. The van der Waals surface area contributed by atoms with Crippen molar-refractivity contribution in [1.29, 1.82) is 0 Å². The number of amides is 1. The van der Waals surface area contributed by atoms with Crippen LogP contribution < -0.4 is 0 Å². The first-order chi connectivity index (χ1) is 14.8. The van der Waals surface area contributed by atoms with Crippen molar-refractivity contribution < 1.29 is 23.9 Å². The van der Waals surface area contributed by atoms with Gasteiger partial charge in [0.15, 0.2) is 14.1 Å². The van der Waals surface area contributed by atoms with Crippen LogP contribution in [-0.2, 0) is 25.4 Å². The number of nitrogens with zero attached hydrogens (tertiary/aromatic N) is 1. The number of carbonyl (C=O) groups is 3. The summed E-state index contributed by atoms with van der Waals surface area (Å²) in [5.74, 6) is -0.974. The maximum absolute atomic E-state index is 12.7. The second kappa shape index (κ2) is 10.6. The predicted molar refractivity (Wildman–Crippen MR) is 128 cm³/mol. The molecule has 1 heterocycles. The molecule has 0 aliphatic carbocycles. The first kappa shape index (κ1) is 26.0. The van der Waals surface area contributed by atoms with E-state index < -0.39 is 20.4 Å². The van der Waals surface area contributed by atoms with Gasteiger partial charge in [0.1, 0.15) is 0 Å². The van der Waals surface area contributed by atoms with Crippen molar-refractivity contribution >= 4 is 26.0 Å². The Kier molecular flexibility index (Phi) is 8.59. The van der Waals surface area contributed by atoms with Crippen LogP contribution in [0.25, 0.3) is 0 Å². The van der Waals surface area contributed by atoms with E-state index in [1.165, 1.54) is 6.08 Å². The third kappa shape index (κ3) is 7.13. The summed E-state index contributed by atoms with van der Waals surface area (Å²) in [7, 11) is -2.22. The van der Waals surface area contributed by atoms with Crippen molar-refractivity contribution in [3.63, 3.8) is 0 Å². The first-order valence-corrected chi connectivity index (χ1v) is 14.1. The molecule has 1 N–H and O–H groups in total. The second-order valence-electron chi connectivity index (χ2n) is 10.3. The van der Waals surface area contributed by atoms with Gasteiger partial charge in [-0.25, -0.2) is 0 Å². The van der Waals surface area contributed by atoms with Crippen LogP contribution in [-0.4, -0.2) is 48.1 Å². The fourth-order valence-corrected chi connectivity index (χ4v) is 5.05. The average molecular weight is 460 g/mol. The Bertz CT molecular complexity index is 844. The molecule has 1 saturated heterocycles. The number of likely N-dealkylation sites (tertiary alicyclic amines) is 1. The first-order valence-electron chi connectivity index (χ1n) is 11.2. The molecule has 1 aliphatic rings. The van der Waals surface area contributed by atoms with E-state index in [1.807, 2.05) is 42.2 Å². The minimum atomic E-state index is -2.22. The van der Waals surface area contributed by atoms with E-state index in [1.54, 1.807) is 6.08 Å². The van der Waals surface area contributed by atoms with Gasteiger partial charge in [-0.2, -0.15) is 0 Å². The fourth-order valence-electron chi connectivity index (χ4n) is 3.70. The van der Waals surface area contributed by atoms with Gasteiger partial charge >= 0.3 is 5.97 Å². The molecule has 1 aromatic rings. The van der Waals surface area contributed by atoms with E-state index >= 15 is 0 Å². The van der Waals surface area contributed by atoms with E-state index in [9.17, 15) is 19.5 Å². The molecule has 6 nitrogen and oxygen atoms in total. The molecule has 0 spiro atoms. The van der Waals surface area contributed by atoms with E-state index in [0.717, 1.165) is 5.56 Å². The SMILES string of the molecule is C[C@H]1CC(=O)N(Cc2ccccc2)[C@H]1C=CC(=O)C[C@H](CC(=O)O)O[Si](C)(C)C(C)(C)C. The highest BCUT2D eigenvalue weighted by atomic mass is 28.4. The van der Waals surface area contributed by atoms with Gasteiger partial charge in [-0.1, -0.05) is 64.1 Å². The summed E-state index contributed by atoms with van der Waals surface area (Å²) in [4.78, 5) is 38.4. The molecule has 32 heavy (non-hydrogen) atoms. The standard InChI is InChI=1S/C25H37NO5Si/c1-18-14-23(28)26(17-19-10-8-7-9-11-19)22(18)13-12-20(27)15-21(16-24(29)30)31-32(5,6)25(2,3)4/h7-13,18,21-22H,14-17H2,1-6H3,(H,29,30)/t18-,21+,22-/m0/s1. The molecule has 2 rings (SSSR count). The molecular weight excluding hydrogens is 422 g/mol. The Hall–Kier alpha value is -2.25. The molecule has 1 aliphatic heterocycles. The minimum Gasteiger partial charge on any atom is -0.481 e. The average Bonchev–Trinajstić information content (AvgIpc) is 2.91. The molecule has 0 aromatic heterocycles. The number of allylic oxidation sites excluding steroid dienone is 1. The van der Waals surface area contributed by atoms with Crippen LogP contribution in [0.2, 0.25) is 18.1 Å². The molecule has 0 saturated carbocycles. The number of carbonyl (C=O) groups excluding carboxylic acids is 2. The quantitative estimate of drug-likeness (QED) is 0.401. The molecule has 0 unspecified atom stereocenters. The lowest BCUT2D eigenvalue weighted by Gasteiger charge is -2.38. The van der Waals surface area contributed by atoms with Crippen LogP contribution in [0, 0.1) is 5.92 Å². The summed E-state index contributed by atoms with van der Waals surface area (Å²) in [6.45, 7) is 12.9. The molecule has 0 radical (unpaired) electrons. The number of hydrogen-bond acceptors (Lipinski definition) is 4. The van der Waals surface area contributed by atoms with Crippen molar-refractivity contribution in [2.75, 3.05) is 0 Å². The molecule has 1 aromatic carbocycles. The maximum Gasteiger partial charge on any atom is 0.305 e. The zero-order valence-corrected chi connectivity index (χ0v) is 21.1. The van der Waals surface area contributed by atoms with E-state index in [-0.39, 0.29) is 41.5 Å². The van der Waals surface area contributed by atoms with Gasteiger partial charge < -0.3 is 14.4 Å². The lowest BCUT2D eigenvalue weighted by molar-refractivity contribution is -0.139. The van der Waals surface area contributed by atoms with Crippen LogP contribution in [0.1, 0.15) is 52.5 Å². The van der Waals surface area contributed by atoms with E-state index in [4.69, 9.17) is 4.43 Å². The predicted octanol–water partition coefficient (Wildman–Crippen LogP) is 4.80. The van der Waals surface area contributed by atoms with Gasteiger partial charge in [-0.15, -0.1) is 0 Å². The smallest absolute Gasteiger partial charge is 0.305 e. The topological polar surface area (TPSA) is 83.9 Å². The number of ketones is 1. The molecule has 0 bridgehead atoms. The summed E-state index contributed by atoms with van der Waals surface area (Å²) in [6.07, 6.45) is 2.90. The van der Waals surface area contributed by atoms with Crippen molar-refractivity contribution in [1.82, 2.24) is 4.90 Å². The molecule has 176 valence electrons. The van der Waals surface area contributed by atoms with Gasteiger partial charge in [-0.05, 0) is 35.7 Å². The number of benzene rings is 1. The van der Waals surface area contributed by atoms with Crippen LogP contribution >= 0.6 is 0 Å². The molecular formula is C25H37NO5Si. The van der Waals surface area contributed by atoms with Crippen LogP contribution in [0.15, 0.2) is 42.5 Å². The number of aliphatic carboxylic acids is 1. The van der Waals surface area contributed by atoms with Gasteiger partial charge in [0.05, 0.1) is 18.6 Å². The third-order valence-corrected chi connectivity index (χ3v) is 11.1. The van der Waals surface area contributed by atoms with Gasteiger partial charge in [0.2, 0.25) is 5.91 Å². The van der Waals surface area contributed by atoms with Gasteiger partial charge in [0, 0.05) is 19.4 Å². The van der Waals surface area contributed by atoms with Crippen LogP contribution in [0.4, 0.5) is 0 Å². The number of carboxylic acid groups (broad SMARTS) is 1. The molecule has 3 atom stereocenters. The van der Waals surface area contributed by atoms with Crippen LogP contribution in [0.3, 0.4) is 0 Å². The monoisotopic (exact) mass is 459 g/mol. The normalized spacial score (nSPS) is 20.7. The minimum absolute atomic E-state index is 0.0169. The van der Waals surface area contributed by atoms with Crippen molar-refractivity contribution in [2.24, 2.45) is 5.92 Å². The fraction of sp³-hybridized carbons (Fsp3) is 0.560. The lowest BCUT2D eigenvalue weighted by Crippen LogP contribution is -2.44. The Balaban J connectivity index is 2.09. The molecule has 1 amide bonds.